The lowest BCUT2D eigenvalue weighted by Crippen LogP contribution is -2.05. The molecule has 104 valence electrons. The maximum Gasteiger partial charge on any atom is 0.173 e. The van der Waals surface area contributed by atoms with E-state index in [4.69, 9.17) is 0 Å². The molecule has 3 heteroatoms. The molecule has 0 N–H and O–H groups in total. The zero-order chi connectivity index (χ0) is 14.7. The number of hydrogen-bond donors (Lipinski definition) is 0. The number of pyridine rings is 1. The monoisotopic (exact) mass is 285 g/mol. The minimum Gasteiger partial charge on any atom is -0.293 e. The van der Waals surface area contributed by atoms with Gasteiger partial charge >= 0.3 is 0 Å². The van der Waals surface area contributed by atoms with Gasteiger partial charge in [0.2, 0.25) is 0 Å². The number of ketones is 1. The van der Waals surface area contributed by atoms with E-state index in [0.717, 1.165) is 27.4 Å². The van der Waals surface area contributed by atoms with E-state index in [0.29, 0.717) is 5.75 Å². The molecule has 20 heavy (non-hydrogen) atoms. The lowest BCUT2D eigenvalue weighted by atomic mass is 10.0. The van der Waals surface area contributed by atoms with E-state index in [-0.39, 0.29) is 5.78 Å². The van der Waals surface area contributed by atoms with E-state index in [1.54, 1.807) is 0 Å². The van der Waals surface area contributed by atoms with Crippen LogP contribution in [-0.2, 0) is 0 Å². The lowest BCUT2D eigenvalue weighted by Gasteiger charge is -2.07. The van der Waals surface area contributed by atoms with E-state index in [1.165, 1.54) is 17.3 Å². The van der Waals surface area contributed by atoms with Crippen LogP contribution in [0.15, 0.2) is 35.4 Å². The number of benzene rings is 1. The molecule has 0 aliphatic rings. The van der Waals surface area contributed by atoms with E-state index in [9.17, 15) is 4.79 Å². The number of thioether (sulfide) groups is 1. The van der Waals surface area contributed by atoms with E-state index in [2.05, 4.69) is 4.98 Å². The molecular weight excluding hydrogens is 266 g/mol. The van der Waals surface area contributed by atoms with Crippen molar-refractivity contribution in [3.8, 4) is 0 Å². The number of nitrogens with zero attached hydrogens (tertiary/aromatic N) is 1. The van der Waals surface area contributed by atoms with Gasteiger partial charge in [0.15, 0.2) is 5.78 Å². The standard InChI is InChI=1S/C17H19NOS/c1-11-5-6-13(3)15(8-11)16(19)10-20-17-9-12(2)7-14(4)18-17/h5-9H,10H2,1-4H3. The zero-order valence-corrected chi connectivity index (χ0v) is 13.2. The van der Waals surface area contributed by atoms with E-state index in [1.807, 2.05) is 58.0 Å². The van der Waals surface area contributed by atoms with Gasteiger partial charge in [-0.25, -0.2) is 4.98 Å². The van der Waals surface area contributed by atoms with E-state index < -0.39 is 0 Å². The Hall–Kier alpha value is -1.61. The van der Waals surface area contributed by atoms with Crippen molar-refractivity contribution in [1.29, 1.82) is 0 Å². The molecule has 1 heterocycles. The van der Waals surface area contributed by atoms with Crippen LogP contribution in [-0.4, -0.2) is 16.5 Å². The highest BCUT2D eigenvalue weighted by Gasteiger charge is 2.10. The normalized spacial score (nSPS) is 10.6. The average Bonchev–Trinajstić information content (AvgIpc) is 2.38. The minimum absolute atomic E-state index is 0.164. The van der Waals surface area contributed by atoms with Crippen molar-refractivity contribution in [1.82, 2.24) is 4.98 Å². The Balaban J connectivity index is 2.10. The molecular formula is C17H19NOS. The van der Waals surface area contributed by atoms with Crippen LogP contribution in [0, 0.1) is 27.7 Å². The van der Waals surface area contributed by atoms with Crippen molar-refractivity contribution in [3.05, 3.63) is 58.3 Å². The second-order valence-electron chi connectivity index (χ2n) is 5.15. The second-order valence-corrected chi connectivity index (χ2v) is 6.15. The van der Waals surface area contributed by atoms with Crippen LogP contribution < -0.4 is 0 Å². The molecule has 0 bridgehead atoms. The van der Waals surface area contributed by atoms with Gasteiger partial charge in [-0.05, 0) is 57.0 Å². The largest absolute Gasteiger partial charge is 0.293 e. The molecule has 0 aliphatic carbocycles. The van der Waals surface area contributed by atoms with Crippen molar-refractivity contribution < 1.29 is 4.79 Å². The van der Waals surface area contributed by atoms with E-state index >= 15 is 0 Å². The van der Waals surface area contributed by atoms with Gasteiger partial charge in [0.25, 0.3) is 0 Å². The first kappa shape index (κ1) is 14.8. The van der Waals surface area contributed by atoms with Gasteiger partial charge in [-0.1, -0.05) is 29.5 Å². The number of hydrogen-bond acceptors (Lipinski definition) is 3. The molecule has 0 unspecified atom stereocenters. The summed E-state index contributed by atoms with van der Waals surface area (Å²) in [5, 5.41) is 0.918. The van der Waals surface area contributed by atoms with Crippen LogP contribution in [0.2, 0.25) is 0 Å². The summed E-state index contributed by atoms with van der Waals surface area (Å²) in [5.41, 5.74) is 5.15. The quantitative estimate of drug-likeness (QED) is 0.620. The van der Waals surface area contributed by atoms with Crippen LogP contribution in [0.25, 0.3) is 0 Å². The first-order valence-corrected chi connectivity index (χ1v) is 7.63. The SMILES string of the molecule is Cc1cc(C)nc(SCC(=O)c2cc(C)ccc2C)c1. The lowest BCUT2D eigenvalue weighted by molar-refractivity contribution is 0.102. The van der Waals surface area contributed by atoms with Gasteiger partial charge in [0.05, 0.1) is 10.8 Å². The molecule has 0 aliphatic heterocycles. The molecule has 0 radical (unpaired) electrons. The van der Waals surface area contributed by atoms with Gasteiger partial charge in [-0.15, -0.1) is 0 Å². The Morgan fingerprint density at radius 3 is 2.50 bits per heavy atom. The number of rotatable bonds is 4. The molecule has 0 saturated heterocycles. The van der Waals surface area contributed by atoms with Gasteiger partial charge in [-0.2, -0.15) is 0 Å². The van der Waals surface area contributed by atoms with Crippen molar-refractivity contribution in [3.63, 3.8) is 0 Å². The van der Waals surface area contributed by atoms with Crippen molar-refractivity contribution in [2.75, 3.05) is 5.75 Å². The Kier molecular flexibility index (Phi) is 4.61. The molecule has 1 aromatic carbocycles. The summed E-state index contributed by atoms with van der Waals surface area (Å²) < 4.78 is 0. The molecule has 2 rings (SSSR count). The third kappa shape index (κ3) is 3.70. The topological polar surface area (TPSA) is 30.0 Å². The first-order chi connectivity index (χ1) is 9.45. The zero-order valence-electron chi connectivity index (χ0n) is 12.4. The Bertz CT molecular complexity index is 629. The van der Waals surface area contributed by atoms with Crippen LogP contribution in [0.5, 0.6) is 0 Å². The van der Waals surface area contributed by atoms with Crippen molar-refractivity contribution in [2.24, 2.45) is 0 Å². The molecule has 0 fully saturated rings. The summed E-state index contributed by atoms with van der Waals surface area (Å²) >= 11 is 1.51. The summed E-state index contributed by atoms with van der Waals surface area (Å²) in [6, 6.07) is 10.1. The summed E-state index contributed by atoms with van der Waals surface area (Å²) in [5.74, 6) is 0.595. The predicted octanol–water partition coefficient (Wildman–Crippen LogP) is 4.29. The fraction of sp³-hybridized carbons (Fsp3) is 0.294. The maximum atomic E-state index is 12.3. The third-order valence-corrected chi connectivity index (χ3v) is 4.03. The summed E-state index contributed by atoms with van der Waals surface area (Å²) in [6.07, 6.45) is 0. The van der Waals surface area contributed by atoms with Gasteiger partial charge in [-0.3, -0.25) is 4.79 Å². The fourth-order valence-electron chi connectivity index (χ4n) is 2.13. The highest BCUT2D eigenvalue weighted by Crippen LogP contribution is 2.20. The molecule has 0 atom stereocenters. The highest BCUT2D eigenvalue weighted by molar-refractivity contribution is 7.99. The molecule has 0 spiro atoms. The Labute approximate surface area is 124 Å². The Morgan fingerprint density at radius 2 is 1.80 bits per heavy atom. The summed E-state index contributed by atoms with van der Waals surface area (Å²) in [4.78, 5) is 16.8. The molecule has 2 nitrogen and oxygen atoms in total. The molecule has 2 aromatic rings. The smallest absolute Gasteiger partial charge is 0.173 e. The third-order valence-electron chi connectivity index (χ3n) is 3.12. The number of carbonyl (C=O) groups excluding carboxylic acids is 1. The number of aryl methyl sites for hydroxylation is 4. The highest BCUT2D eigenvalue weighted by atomic mass is 32.2. The first-order valence-electron chi connectivity index (χ1n) is 6.64. The summed E-state index contributed by atoms with van der Waals surface area (Å²) in [7, 11) is 0. The minimum atomic E-state index is 0.164. The van der Waals surface area contributed by atoms with Gasteiger partial charge in [0.1, 0.15) is 0 Å². The summed E-state index contributed by atoms with van der Waals surface area (Å²) in [6.45, 7) is 8.01. The van der Waals surface area contributed by atoms with Crippen LogP contribution in [0.3, 0.4) is 0 Å². The number of carbonyl (C=O) groups is 1. The number of aromatic nitrogens is 1. The van der Waals surface area contributed by atoms with Crippen LogP contribution in [0.1, 0.15) is 32.7 Å². The van der Waals surface area contributed by atoms with Gasteiger partial charge in [0, 0.05) is 11.3 Å². The van der Waals surface area contributed by atoms with Crippen LogP contribution in [0.4, 0.5) is 0 Å². The Morgan fingerprint density at radius 1 is 1.05 bits per heavy atom. The van der Waals surface area contributed by atoms with Crippen molar-refractivity contribution in [2.45, 2.75) is 32.7 Å². The molecule has 0 amide bonds. The maximum absolute atomic E-state index is 12.3. The predicted molar refractivity (Wildman–Crippen MR) is 84.7 cm³/mol. The van der Waals surface area contributed by atoms with Gasteiger partial charge < -0.3 is 0 Å². The molecule has 0 saturated carbocycles. The fourth-order valence-corrected chi connectivity index (χ4v) is 3.04. The van der Waals surface area contributed by atoms with Crippen LogP contribution >= 0.6 is 11.8 Å². The average molecular weight is 285 g/mol. The van der Waals surface area contributed by atoms with Crippen molar-refractivity contribution >= 4 is 17.5 Å². The second kappa shape index (κ2) is 6.23. The molecule has 1 aromatic heterocycles. The number of Topliss-reactive ketones (excluding diaryl/α,β-unsaturated/α-hetero) is 1.